The van der Waals surface area contributed by atoms with Gasteiger partial charge in [-0.2, -0.15) is 0 Å². The highest BCUT2D eigenvalue weighted by Gasteiger charge is 2.16. The third kappa shape index (κ3) is 2.21. The Bertz CT molecular complexity index is 550. The fraction of sp³-hybridized carbons (Fsp3) is 0.357. The van der Waals surface area contributed by atoms with Gasteiger partial charge in [0.2, 0.25) is 0 Å². The molecule has 2 heterocycles. The van der Waals surface area contributed by atoms with Crippen molar-refractivity contribution >= 4 is 22.5 Å². The number of rotatable bonds is 1. The molecule has 3 nitrogen and oxygen atoms in total. The van der Waals surface area contributed by atoms with E-state index in [2.05, 4.69) is 22.4 Å². The smallest absolute Gasteiger partial charge is 0.0891 e. The van der Waals surface area contributed by atoms with E-state index in [1.807, 2.05) is 18.3 Å². The Balaban J connectivity index is 2.08. The standard InChI is InChI=1S/C14H15ClN2O/c15-12-3-1-2-11-10(4-6-17-14(11)12)13-5-8-18-9-7-16-13/h1-4,6,13,16H,5,7-9H2. The summed E-state index contributed by atoms with van der Waals surface area (Å²) in [6.07, 6.45) is 2.81. The Hall–Kier alpha value is -1.16. The number of ether oxygens (including phenoxy) is 1. The van der Waals surface area contributed by atoms with E-state index in [-0.39, 0.29) is 0 Å². The highest BCUT2D eigenvalue weighted by Crippen LogP contribution is 2.29. The lowest BCUT2D eigenvalue weighted by Crippen LogP contribution is -2.22. The van der Waals surface area contributed by atoms with E-state index in [0.717, 1.165) is 37.1 Å². The molecule has 1 saturated heterocycles. The molecule has 0 radical (unpaired) electrons. The monoisotopic (exact) mass is 262 g/mol. The Kier molecular flexibility index (Phi) is 3.46. The molecule has 0 amide bonds. The SMILES string of the molecule is Clc1cccc2c(C3CCOCCN3)ccnc12. The molecule has 1 fully saturated rings. The van der Waals surface area contributed by atoms with Crippen LogP contribution in [0.15, 0.2) is 30.5 Å². The zero-order valence-electron chi connectivity index (χ0n) is 10.0. The number of benzene rings is 1. The van der Waals surface area contributed by atoms with Gasteiger partial charge in [0, 0.05) is 30.8 Å². The van der Waals surface area contributed by atoms with Gasteiger partial charge >= 0.3 is 0 Å². The van der Waals surface area contributed by atoms with Gasteiger partial charge in [0.1, 0.15) is 0 Å². The summed E-state index contributed by atoms with van der Waals surface area (Å²) in [5, 5.41) is 5.35. The second kappa shape index (κ2) is 5.22. The van der Waals surface area contributed by atoms with E-state index in [4.69, 9.17) is 16.3 Å². The van der Waals surface area contributed by atoms with Crippen molar-refractivity contribution in [1.29, 1.82) is 0 Å². The molecule has 0 saturated carbocycles. The summed E-state index contributed by atoms with van der Waals surface area (Å²) in [5.41, 5.74) is 2.14. The van der Waals surface area contributed by atoms with Crippen molar-refractivity contribution < 1.29 is 4.74 Å². The molecule has 18 heavy (non-hydrogen) atoms. The summed E-state index contributed by atoms with van der Waals surface area (Å²) in [7, 11) is 0. The van der Waals surface area contributed by atoms with Crippen molar-refractivity contribution in [2.75, 3.05) is 19.8 Å². The van der Waals surface area contributed by atoms with Gasteiger partial charge in [-0.3, -0.25) is 4.98 Å². The van der Waals surface area contributed by atoms with Gasteiger partial charge < -0.3 is 10.1 Å². The summed E-state index contributed by atoms with van der Waals surface area (Å²) < 4.78 is 5.48. The number of pyridine rings is 1. The van der Waals surface area contributed by atoms with E-state index in [1.165, 1.54) is 5.56 Å². The minimum absolute atomic E-state index is 0.316. The predicted octanol–water partition coefficient (Wildman–Crippen LogP) is 2.94. The number of halogens is 1. The van der Waals surface area contributed by atoms with Gasteiger partial charge in [-0.25, -0.2) is 0 Å². The first-order valence-corrected chi connectivity index (χ1v) is 6.58. The highest BCUT2D eigenvalue weighted by molar-refractivity contribution is 6.35. The zero-order valence-corrected chi connectivity index (χ0v) is 10.8. The number of para-hydroxylation sites is 1. The van der Waals surface area contributed by atoms with E-state index < -0.39 is 0 Å². The van der Waals surface area contributed by atoms with Gasteiger partial charge in [0.15, 0.2) is 0 Å². The van der Waals surface area contributed by atoms with Crippen molar-refractivity contribution in [1.82, 2.24) is 10.3 Å². The minimum Gasteiger partial charge on any atom is -0.380 e. The molecule has 1 unspecified atom stereocenters. The third-order valence-electron chi connectivity index (χ3n) is 3.32. The highest BCUT2D eigenvalue weighted by atomic mass is 35.5. The lowest BCUT2D eigenvalue weighted by Gasteiger charge is -2.17. The maximum atomic E-state index is 6.19. The molecule has 1 aromatic carbocycles. The number of hydrogen-bond acceptors (Lipinski definition) is 3. The molecular weight excluding hydrogens is 248 g/mol. The summed E-state index contributed by atoms with van der Waals surface area (Å²) in [6, 6.07) is 8.32. The molecule has 1 aliphatic rings. The molecule has 4 heteroatoms. The van der Waals surface area contributed by atoms with E-state index in [1.54, 1.807) is 0 Å². The zero-order chi connectivity index (χ0) is 12.4. The molecule has 1 atom stereocenters. The second-order valence-electron chi connectivity index (χ2n) is 4.44. The molecule has 2 aromatic rings. The van der Waals surface area contributed by atoms with Crippen LogP contribution in [0, 0.1) is 0 Å². The summed E-state index contributed by atoms with van der Waals surface area (Å²) in [6.45, 7) is 2.46. The van der Waals surface area contributed by atoms with Gasteiger partial charge in [0.25, 0.3) is 0 Å². The first-order chi connectivity index (χ1) is 8.86. The Labute approximate surface area is 111 Å². The van der Waals surface area contributed by atoms with Crippen LogP contribution in [0.2, 0.25) is 5.02 Å². The van der Waals surface area contributed by atoms with Crippen molar-refractivity contribution in [3.05, 3.63) is 41.0 Å². The number of nitrogens with zero attached hydrogens (tertiary/aromatic N) is 1. The molecule has 0 aliphatic carbocycles. The van der Waals surface area contributed by atoms with E-state index in [0.29, 0.717) is 11.1 Å². The Morgan fingerprint density at radius 3 is 3.17 bits per heavy atom. The van der Waals surface area contributed by atoms with Gasteiger partial charge in [-0.15, -0.1) is 0 Å². The second-order valence-corrected chi connectivity index (χ2v) is 4.85. The number of aromatic nitrogens is 1. The van der Waals surface area contributed by atoms with Crippen molar-refractivity contribution in [2.45, 2.75) is 12.5 Å². The molecule has 0 bridgehead atoms. The molecule has 1 aromatic heterocycles. The fourth-order valence-corrected chi connectivity index (χ4v) is 2.66. The predicted molar refractivity (Wildman–Crippen MR) is 72.9 cm³/mol. The molecule has 1 aliphatic heterocycles. The van der Waals surface area contributed by atoms with Crippen LogP contribution in [0.25, 0.3) is 10.9 Å². The maximum Gasteiger partial charge on any atom is 0.0891 e. The fourth-order valence-electron chi connectivity index (χ4n) is 2.44. The maximum absolute atomic E-state index is 6.19. The van der Waals surface area contributed by atoms with Gasteiger partial charge in [-0.05, 0) is 24.1 Å². The first-order valence-electron chi connectivity index (χ1n) is 6.20. The van der Waals surface area contributed by atoms with Crippen molar-refractivity contribution in [3.63, 3.8) is 0 Å². The normalized spacial score (nSPS) is 20.8. The van der Waals surface area contributed by atoms with E-state index >= 15 is 0 Å². The van der Waals surface area contributed by atoms with Crippen LogP contribution in [0.1, 0.15) is 18.0 Å². The van der Waals surface area contributed by atoms with Crippen LogP contribution >= 0.6 is 11.6 Å². The Morgan fingerprint density at radius 1 is 1.28 bits per heavy atom. The number of hydrogen-bond donors (Lipinski definition) is 1. The van der Waals surface area contributed by atoms with Crippen LogP contribution in [0.4, 0.5) is 0 Å². The van der Waals surface area contributed by atoms with Crippen LogP contribution in [-0.2, 0) is 4.74 Å². The van der Waals surface area contributed by atoms with E-state index in [9.17, 15) is 0 Å². The molecule has 94 valence electrons. The van der Waals surface area contributed by atoms with Crippen LogP contribution in [0.5, 0.6) is 0 Å². The average Bonchev–Trinajstić information content (AvgIpc) is 2.67. The number of nitrogens with one attached hydrogen (secondary N) is 1. The lowest BCUT2D eigenvalue weighted by atomic mass is 10.00. The average molecular weight is 263 g/mol. The topological polar surface area (TPSA) is 34.1 Å². The Morgan fingerprint density at radius 2 is 2.22 bits per heavy atom. The van der Waals surface area contributed by atoms with Crippen LogP contribution in [-0.4, -0.2) is 24.7 Å². The minimum atomic E-state index is 0.316. The molecule has 0 spiro atoms. The van der Waals surface area contributed by atoms with Crippen molar-refractivity contribution in [2.24, 2.45) is 0 Å². The molecule has 3 rings (SSSR count). The summed E-state index contributed by atoms with van der Waals surface area (Å²) in [4.78, 5) is 4.37. The first kappa shape index (κ1) is 11.9. The van der Waals surface area contributed by atoms with Gasteiger partial charge in [0.05, 0.1) is 17.1 Å². The summed E-state index contributed by atoms with van der Waals surface area (Å²) in [5.74, 6) is 0. The molecule has 1 N–H and O–H groups in total. The quantitative estimate of drug-likeness (QED) is 0.858. The largest absolute Gasteiger partial charge is 0.380 e. The summed E-state index contributed by atoms with van der Waals surface area (Å²) >= 11 is 6.19. The third-order valence-corrected chi connectivity index (χ3v) is 3.62. The molecular formula is C14H15ClN2O. The lowest BCUT2D eigenvalue weighted by molar-refractivity contribution is 0.150. The van der Waals surface area contributed by atoms with Gasteiger partial charge in [-0.1, -0.05) is 23.7 Å². The van der Waals surface area contributed by atoms with Crippen LogP contribution in [0.3, 0.4) is 0 Å². The van der Waals surface area contributed by atoms with Crippen molar-refractivity contribution in [3.8, 4) is 0 Å². The number of fused-ring (bicyclic) bond motifs is 1. The van der Waals surface area contributed by atoms with Crippen LogP contribution < -0.4 is 5.32 Å².